The van der Waals surface area contributed by atoms with Gasteiger partial charge in [-0.3, -0.25) is 4.79 Å². The number of ketones is 1. The van der Waals surface area contributed by atoms with E-state index in [4.69, 9.17) is 23.2 Å². The standard InChI is InChI=1S/C14H9Cl2FO/c1-8(18)11-4-2-9(6-12(11)15)10-3-5-14(17)13(16)7-10/h2-7H,1H3. The molecule has 0 saturated carbocycles. The van der Waals surface area contributed by atoms with Crippen molar-refractivity contribution in [1.82, 2.24) is 0 Å². The Hall–Kier alpha value is -1.38. The van der Waals surface area contributed by atoms with Gasteiger partial charge < -0.3 is 0 Å². The number of hydrogen-bond donors (Lipinski definition) is 0. The van der Waals surface area contributed by atoms with Gasteiger partial charge in [-0.1, -0.05) is 35.3 Å². The fraction of sp³-hybridized carbons (Fsp3) is 0.0714. The van der Waals surface area contributed by atoms with Crippen LogP contribution in [0.4, 0.5) is 4.39 Å². The summed E-state index contributed by atoms with van der Waals surface area (Å²) in [4.78, 5) is 11.3. The Bertz CT molecular complexity index is 623. The van der Waals surface area contributed by atoms with Gasteiger partial charge in [0.15, 0.2) is 5.78 Å². The van der Waals surface area contributed by atoms with Crippen molar-refractivity contribution < 1.29 is 9.18 Å². The average molecular weight is 283 g/mol. The number of hydrogen-bond acceptors (Lipinski definition) is 1. The zero-order valence-corrected chi connectivity index (χ0v) is 11.0. The van der Waals surface area contributed by atoms with Gasteiger partial charge in [0.25, 0.3) is 0 Å². The number of rotatable bonds is 2. The minimum Gasteiger partial charge on any atom is -0.294 e. The maximum Gasteiger partial charge on any atom is 0.161 e. The molecular formula is C14H9Cl2FO. The van der Waals surface area contributed by atoms with Gasteiger partial charge in [0.1, 0.15) is 5.82 Å². The van der Waals surface area contributed by atoms with Crippen LogP contribution in [0, 0.1) is 5.82 Å². The van der Waals surface area contributed by atoms with Gasteiger partial charge in [-0.2, -0.15) is 0 Å². The molecule has 0 atom stereocenters. The van der Waals surface area contributed by atoms with Crippen LogP contribution in [0.3, 0.4) is 0 Å². The van der Waals surface area contributed by atoms with E-state index in [0.717, 1.165) is 11.1 Å². The fourth-order valence-electron chi connectivity index (χ4n) is 1.66. The Morgan fingerprint density at radius 1 is 1.00 bits per heavy atom. The van der Waals surface area contributed by atoms with Crippen molar-refractivity contribution in [3.8, 4) is 11.1 Å². The van der Waals surface area contributed by atoms with Crippen molar-refractivity contribution in [3.63, 3.8) is 0 Å². The van der Waals surface area contributed by atoms with Gasteiger partial charge in [-0.15, -0.1) is 0 Å². The molecule has 0 amide bonds. The van der Waals surface area contributed by atoms with E-state index in [1.165, 1.54) is 19.1 Å². The molecule has 0 spiro atoms. The summed E-state index contributed by atoms with van der Waals surface area (Å²) in [5.74, 6) is -0.560. The SMILES string of the molecule is CC(=O)c1ccc(-c2ccc(F)c(Cl)c2)cc1Cl. The Labute approximate surface area is 114 Å². The lowest BCUT2D eigenvalue weighted by atomic mass is 10.0. The first kappa shape index (κ1) is 13.1. The first-order valence-corrected chi connectivity index (χ1v) is 6.00. The van der Waals surface area contributed by atoms with Crippen LogP contribution in [0.5, 0.6) is 0 Å². The molecule has 18 heavy (non-hydrogen) atoms. The number of carbonyl (C=O) groups is 1. The Balaban J connectivity index is 2.48. The summed E-state index contributed by atoms with van der Waals surface area (Å²) < 4.78 is 13.1. The number of halogens is 3. The molecule has 2 rings (SSSR count). The first-order chi connectivity index (χ1) is 8.49. The van der Waals surface area contributed by atoms with E-state index < -0.39 is 5.82 Å². The second-order valence-electron chi connectivity index (χ2n) is 3.88. The van der Waals surface area contributed by atoms with E-state index in [1.807, 2.05) is 0 Å². The molecular weight excluding hydrogens is 274 g/mol. The summed E-state index contributed by atoms with van der Waals surface area (Å²) in [5, 5.41) is 0.430. The van der Waals surface area contributed by atoms with Gasteiger partial charge in [-0.25, -0.2) is 4.39 Å². The number of benzene rings is 2. The minimum atomic E-state index is -0.466. The molecule has 92 valence electrons. The Morgan fingerprint density at radius 3 is 2.06 bits per heavy atom. The van der Waals surface area contributed by atoms with Gasteiger partial charge in [0.05, 0.1) is 10.0 Å². The van der Waals surface area contributed by atoms with Crippen LogP contribution in [0.25, 0.3) is 11.1 Å². The highest BCUT2D eigenvalue weighted by molar-refractivity contribution is 6.34. The topological polar surface area (TPSA) is 17.1 Å². The van der Waals surface area contributed by atoms with Gasteiger partial charge in [-0.05, 0) is 42.3 Å². The van der Waals surface area contributed by atoms with Crippen molar-refractivity contribution in [3.05, 3.63) is 57.8 Å². The summed E-state index contributed by atoms with van der Waals surface area (Å²) >= 11 is 11.7. The highest BCUT2D eigenvalue weighted by atomic mass is 35.5. The van der Waals surface area contributed by atoms with E-state index in [2.05, 4.69) is 0 Å². The molecule has 0 aliphatic carbocycles. The molecule has 4 heteroatoms. The number of Topliss-reactive ketones (excluding diaryl/α,β-unsaturated/α-hetero) is 1. The Morgan fingerprint density at radius 2 is 1.56 bits per heavy atom. The summed E-state index contributed by atoms with van der Waals surface area (Å²) in [7, 11) is 0. The van der Waals surface area contributed by atoms with Crippen LogP contribution in [-0.2, 0) is 0 Å². The minimum absolute atomic E-state index is 0.0549. The fourth-order valence-corrected chi connectivity index (χ4v) is 2.15. The predicted molar refractivity (Wildman–Crippen MR) is 71.9 cm³/mol. The first-order valence-electron chi connectivity index (χ1n) is 5.25. The summed E-state index contributed by atoms with van der Waals surface area (Å²) in [6.45, 7) is 1.45. The van der Waals surface area contributed by atoms with Crippen LogP contribution in [0.15, 0.2) is 36.4 Å². The maximum atomic E-state index is 13.1. The van der Waals surface area contributed by atoms with Crippen molar-refractivity contribution in [2.75, 3.05) is 0 Å². The molecule has 1 nitrogen and oxygen atoms in total. The monoisotopic (exact) mass is 282 g/mol. The lowest BCUT2D eigenvalue weighted by Gasteiger charge is -2.06. The van der Waals surface area contributed by atoms with Crippen molar-refractivity contribution in [2.45, 2.75) is 6.92 Å². The molecule has 0 aliphatic heterocycles. The van der Waals surface area contributed by atoms with Crippen molar-refractivity contribution in [1.29, 1.82) is 0 Å². The summed E-state index contributed by atoms with van der Waals surface area (Å²) in [6, 6.07) is 9.51. The number of carbonyl (C=O) groups excluding carboxylic acids is 1. The quantitative estimate of drug-likeness (QED) is 0.709. The Kier molecular flexibility index (Phi) is 3.69. The highest BCUT2D eigenvalue weighted by Gasteiger charge is 2.08. The van der Waals surface area contributed by atoms with Crippen LogP contribution in [0.1, 0.15) is 17.3 Å². The molecule has 0 aliphatic rings. The molecule has 0 saturated heterocycles. The second-order valence-corrected chi connectivity index (χ2v) is 4.69. The third kappa shape index (κ3) is 2.55. The lowest BCUT2D eigenvalue weighted by Crippen LogP contribution is -1.93. The molecule has 0 N–H and O–H groups in total. The zero-order valence-electron chi connectivity index (χ0n) is 9.51. The van der Waals surface area contributed by atoms with E-state index in [9.17, 15) is 9.18 Å². The highest BCUT2D eigenvalue weighted by Crippen LogP contribution is 2.28. The third-order valence-electron chi connectivity index (χ3n) is 2.60. The smallest absolute Gasteiger partial charge is 0.161 e. The maximum absolute atomic E-state index is 13.1. The largest absolute Gasteiger partial charge is 0.294 e. The van der Waals surface area contributed by atoms with Crippen LogP contribution in [-0.4, -0.2) is 5.78 Å². The molecule has 0 aromatic heterocycles. The van der Waals surface area contributed by atoms with E-state index in [1.54, 1.807) is 24.3 Å². The lowest BCUT2D eigenvalue weighted by molar-refractivity contribution is 0.101. The van der Waals surface area contributed by atoms with Gasteiger partial charge >= 0.3 is 0 Å². The van der Waals surface area contributed by atoms with Gasteiger partial charge in [0.2, 0.25) is 0 Å². The van der Waals surface area contributed by atoms with Crippen LogP contribution in [0.2, 0.25) is 10.0 Å². The molecule has 0 fully saturated rings. The van der Waals surface area contributed by atoms with Crippen molar-refractivity contribution >= 4 is 29.0 Å². The van der Waals surface area contributed by atoms with Crippen LogP contribution < -0.4 is 0 Å². The van der Waals surface area contributed by atoms with Gasteiger partial charge in [0, 0.05) is 5.56 Å². The van der Waals surface area contributed by atoms with Crippen LogP contribution >= 0.6 is 23.2 Å². The molecule has 0 bridgehead atoms. The molecule has 0 radical (unpaired) electrons. The summed E-state index contributed by atoms with van der Waals surface area (Å²) in [5.41, 5.74) is 2.00. The van der Waals surface area contributed by atoms with E-state index >= 15 is 0 Å². The summed E-state index contributed by atoms with van der Waals surface area (Å²) in [6.07, 6.45) is 0. The van der Waals surface area contributed by atoms with Crippen molar-refractivity contribution in [2.24, 2.45) is 0 Å². The zero-order chi connectivity index (χ0) is 13.3. The normalized spacial score (nSPS) is 10.4. The second kappa shape index (κ2) is 5.09. The van der Waals surface area contributed by atoms with E-state index in [0.29, 0.717) is 10.6 Å². The molecule has 0 unspecified atom stereocenters. The van der Waals surface area contributed by atoms with E-state index in [-0.39, 0.29) is 10.8 Å². The predicted octanol–water partition coefficient (Wildman–Crippen LogP) is 5.00. The molecule has 2 aromatic rings. The molecule has 0 heterocycles. The average Bonchev–Trinajstić information content (AvgIpc) is 2.32. The third-order valence-corrected chi connectivity index (χ3v) is 3.20. The molecule has 2 aromatic carbocycles.